The van der Waals surface area contributed by atoms with Crippen LogP contribution in [0.5, 0.6) is 0 Å². The molecule has 0 saturated carbocycles. The number of furan rings is 1. The molecule has 4 nitrogen and oxygen atoms in total. The maximum absolute atomic E-state index is 11.8. The molecule has 0 bridgehead atoms. The molecule has 0 amide bonds. The molecule has 0 aliphatic carbocycles. The summed E-state index contributed by atoms with van der Waals surface area (Å²) in [6.07, 6.45) is -0.243. The van der Waals surface area contributed by atoms with Crippen molar-refractivity contribution in [1.82, 2.24) is 0 Å². The smallest absolute Gasteiger partial charge is 0.343 e. The van der Waals surface area contributed by atoms with E-state index in [0.717, 1.165) is 10.9 Å². The summed E-state index contributed by atoms with van der Waals surface area (Å²) in [4.78, 5) is 11.8. The number of esters is 1. The molecule has 3 rings (SSSR count). The topological polar surface area (TPSA) is 59.7 Å². The lowest BCUT2D eigenvalue weighted by atomic mass is 10.0. The number of benzene rings is 1. The number of hydrogen-bond donors (Lipinski definition) is 1. The van der Waals surface area contributed by atoms with Crippen LogP contribution in [0.15, 0.2) is 22.6 Å². The molecule has 18 heavy (non-hydrogen) atoms. The van der Waals surface area contributed by atoms with Crippen molar-refractivity contribution in [3.05, 3.63) is 35.1 Å². The zero-order valence-corrected chi connectivity index (χ0v) is 10.5. The van der Waals surface area contributed by atoms with Crippen LogP contribution in [0.25, 0.3) is 11.0 Å². The van der Waals surface area contributed by atoms with Gasteiger partial charge in [-0.25, -0.2) is 4.79 Å². The van der Waals surface area contributed by atoms with Gasteiger partial charge in [0.2, 0.25) is 0 Å². The van der Waals surface area contributed by atoms with Gasteiger partial charge in [-0.2, -0.15) is 0 Å². The van der Waals surface area contributed by atoms with Crippen LogP contribution in [-0.4, -0.2) is 11.1 Å². The van der Waals surface area contributed by atoms with E-state index in [1.165, 1.54) is 0 Å². The van der Waals surface area contributed by atoms with E-state index in [1.807, 2.05) is 19.1 Å². The molecule has 94 valence electrons. The Kier molecular flexibility index (Phi) is 2.10. The largest absolute Gasteiger partial charge is 0.457 e. The van der Waals surface area contributed by atoms with E-state index in [-0.39, 0.29) is 12.1 Å². The lowest BCUT2D eigenvalue weighted by Crippen LogP contribution is -2.13. The van der Waals surface area contributed by atoms with E-state index in [0.29, 0.717) is 16.9 Å². The van der Waals surface area contributed by atoms with E-state index in [4.69, 9.17) is 9.15 Å². The number of aliphatic hydroxyl groups is 1. The Bertz CT molecular complexity index is 646. The summed E-state index contributed by atoms with van der Waals surface area (Å²) in [5.41, 5.74) is 0.749. The summed E-state index contributed by atoms with van der Waals surface area (Å²) < 4.78 is 10.8. The van der Waals surface area contributed by atoms with Crippen LogP contribution >= 0.6 is 0 Å². The Balaban J connectivity index is 2.31. The molecule has 0 unspecified atom stereocenters. The maximum atomic E-state index is 11.8. The van der Waals surface area contributed by atoms with Crippen LogP contribution in [0, 0.1) is 0 Å². The van der Waals surface area contributed by atoms with Gasteiger partial charge in [-0.3, -0.25) is 0 Å². The van der Waals surface area contributed by atoms with Gasteiger partial charge in [0.25, 0.3) is 0 Å². The number of carbonyl (C=O) groups excluding carboxylic acids is 1. The van der Waals surface area contributed by atoms with Gasteiger partial charge >= 0.3 is 5.97 Å². The lowest BCUT2D eigenvalue weighted by Gasteiger charge is -2.12. The van der Waals surface area contributed by atoms with Gasteiger partial charge in [0.15, 0.2) is 0 Å². The van der Waals surface area contributed by atoms with Gasteiger partial charge in [0, 0.05) is 10.9 Å². The van der Waals surface area contributed by atoms with Gasteiger partial charge in [0.05, 0.1) is 0 Å². The fourth-order valence-corrected chi connectivity index (χ4v) is 2.25. The molecule has 1 aliphatic rings. The van der Waals surface area contributed by atoms with Crippen LogP contribution in [-0.2, 0) is 10.3 Å². The zero-order valence-electron chi connectivity index (χ0n) is 10.5. The number of carbonyl (C=O) groups is 1. The summed E-state index contributed by atoms with van der Waals surface area (Å²) in [6.45, 7) is 5.12. The first-order valence-electron chi connectivity index (χ1n) is 5.88. The minimum atomic E-state index is -1.07. The number of fused-ring (bicyclic) bond motifs is 3. The van der Waals surface area contributed by atoms with E-state index in [9.17, 15) is 9.90 Å². The Morgan fingerprint density at radius 2 is 2.06 bits per heavy atom. The molecule has 0 radical (unpaired) electrons. The minimum absolute atomic E-state index is 0.243. The first kappa shape index (κ1) is 11.3. The van der Waals surface area contributed by atoms with Crippen molar-refractivity contribution in [1.29, 1.82) is 0 Å². The third-order valence-corrected chi connectivity index (χ3v) is 3.25. The van der Waals surface area contributed by atoms with Crippen LogP contribution in [0.2, 0.25) is 0 Å². The van der Waals surface area contributed by atoms with Crippen LogP contribution in [0.3, 0.4) is 0 Å². The first-order chi connectivity index (χ1) is 8.38. The second kappa shape index (κ2) is 3.36. The predicted molar refractivity (Wildman–Crippen MR) is 65.3 cm³/mol. The molecule has 1 aromatic heterocycles. The molecule has 0 spiro atoms. The highest BCUT2D eigenvalue weighted by Gasteiger charge is 2.32. The average Bonchev–Trinajstić information content (AvgIpc) is 2.79. The Morgan fingerprint density at radius 1 is 1.33 bits per heavy atom. The highest BCUT2D eigenvalue weighted by Crippen LogP contribution is 2.38. The normalized spacial score (nSPS) is 19.1. The number of hydrogen-bond acceptors (Lipinski definition) is 4. The Morgan fingerprint density at radius 3 is 2.72 bits per heavy atom. The summed E-state index contributed by atoms with van der Waals surface area (Å²) in [6, 6.07) is 5.51. The van der Waals surface area contributed by atoms with Crippen molar-refractivity contribution in [2.24, 2.45) is 0 Å². The van der Waals surface area contributed by atoms with Crippen molar-refractivity contribution in [3.8, 4) is 0 Å². The standard InChI is InChI=1S/C14H14O4/c1-7-9-5-4-8-6-10(14(2,3)16)18-12(8)11(9)13(15)17-7/h4-7,16H,1-3H3/t7-/m0/s1. The van der Waals surface area contributed by atoms with Crippen molar-refractivity contribution in [2.45, 2.75) is 32.5 Å². The molecule has 1 aliphatic heterocycles. The highest BCUT2D eigenvalue weighted by molar-refractivity contribution is 6.05. The first-order valence-corrected chi connectivity index (χ1v) is 5.88. The van der Waals surface area contributed by atoms with Gasteiger partial charge < -0.3 is 14.3 Å². The number of ether oxygens (including phenoxy) is 1. The van der Waals surface area contributed by atoms with E-state index < -0.39 is 5.60 Å². The quantitative estimate of drug-likeness (QED) is 0.786. The van der Waals surface area contributed by atoms with Gasteiger partial charge in [-0.05, 0) is 26.8 Å². The molecule has 0 saturated heterocycles. The van der Waals surface area contributed by atoms with Crippen molar-refractivity contribution in [2.75, 3.05) is 0 Å². The van der Waals surface area contributed by atoms with Crippen molar-refractivity contribution < 1.29 is 19.1 Å². The Labute approximate surface area is 104 Å². The summed E-state index contributed by atoms with van der Waals surface area (Å²) in [5, 5.41) is 10.7. The predicted octanol–water partition coefficient (Wildman–Crippen LogP) is 2.89. The number of rotatable bonds is 1. The lowest BCUT2D eigenvalue weighted by molar-refractivity contribution is 0.0419. The second-order valence-electron chi connectivity index (χ2n) is 5.17. The van der Waals surface area contributed by atoms with Crippen LogP contribution in [0.4, 0.5) is 0 Å². The highest BCUT2D eigenvalue weighted by atomic mass is 16.5. The fraction of sp³-hybridized carbons (Fsp3) is 0.357. The molecule has 2 aromatic rings. The fourth-order valence-electron chi connectivity index (χ4n) is 2.25. The molecule has 2 heterocycles. The maximum Gasteiger partial charge on any atom is 0.343 e. The van der Waals surface area contributed by atoms with Gasteiger partial charge in [0.1, 0.15) is 28.6 Å². The van der Waals surface area contributed by atoms with Gasteiger partial charge in [-0.15, -0.1) is 0 Å². The summed E-state index contributed by atoms with van der Waals surface area (Å²) >= 11 is 0. The Hall–Kier alpha value is -1.81. The molecule has 1 atom stereocenters. The molecular weight excluding hydrogens is 232 g/mol. The van der Waals surface area contributed by atoms with E-state index in [1.54, 1.807) is 19.9 Å². The third kappa shape index (κ3) is 1.46. The molecule has 4 heteroatoms. The summed E-state index contributed by atoms with van der Waals surface area (Å²) in [5.74, 6) is 0.0815. The van der Waals surface area contributed by atoms with Crippen molar-refractivity contribution in [3.63, 3.8) is 0 Å². The number of cyclic esters (lactones) is 1. The monoisotopic (exact) mass is 246 g/mol. The van der Waals surface area contributed by atoms with Crippen LogP contribution < -0.4 is 0 Å². The SMILES string of the molecule is C[C@@H]1OC(=O)c2c1ccc1cc(C(C)(C)O)oc21. The average molecular weight is 246 g/mol. The van der Waals surface area contributed by atoms with E-state index in [2.05, 4.69) is 0 Å². The molecule has 1 aromatic carbocycles. The molecule has 0 fully saturated rings. The molecule has 1 N–H and O–H groups in total. The molecular formula is C14H14O4. The second-order valence-corrected chi connectivity index (χ2v) is 5.17. The minimum Gasteiger partial charge on any atom is -0.457 e. The zero-order chi connectivity index (χ0) is 13.1. The summed E-state index contributed by atoms with van der Waals surface area (Å²) in [7, 11) is 0. The van der Waals surface area contributed by atoms with Crippen molar-refractivity contribution >= 4 is 16.9 Å². The van der Waals surface area contributed by atoms with Crippen LogP contribution in [0.1, 0.15) is 48.6 Å². The third-order valence-electron chi connectivity index (χ3n) is 3.25. The van der Waals surface area contributed by atoms with Gasteiger partial charge in [-0.1, -0.05) is 12.1 Å². The van der Waals surface area contributed by atoms with E-state index >= 15 is 0 Å².